The number of anilines is 1. The summed E-state index contributed by atoms with van der Waals surface area (Å²) < 4.78 is 0. The van der Waals surface area contributed by atoms with E-state index in [1.165, 1.54) is 4.88 Å². The number of nitrogens with two attached hydrogens (primary N) is 1. The molecule has 2 aromatic heterocycles. The monoisotopic (exact) mass is 276 g/mol. The molecule has 0 bridgehead atoms. The molecule has 19 heavy (non-hydrogen) atoms. The molecule has 100 valence electrons. The van der Waals surface area contributed by atoms with Gasteiger partial charge in [-0.05, 0) is 30.5 Å². The van der Waals surface area contributed by atoms with Gasteiger partial charge in [-0.1, -0.05) is 11.2 Å². The molecular weight excluding hydrogens is 260 g/mol. The van der Waals surface area contributed by atoms with Crippen LogP contribution in [0, 0.1) is 0 Å². The molecule has 2 aromatic rings. The van der Waals surface area contributed by atoms with Crippen LogP contribution in [-0.2, 0) is 6.54 Å². The molecule has 5 nitrogen and oxygen atoms in total. The summed E-state index contributed by atoms with van der Waals surface area (Å²) in [5.41, 5.74) is 6.34. The summed E-state index contributed by atoms with van der Waals surface area (Å²) in [5, 5.41) is 14.0. The third kappa shape index (κ3) is 3.03. The fourth-order valence-corrected chi connectivity index (χ4v) is 2.55. The van der Waals surface area contributed by atoms with Crippen molar-refractivity contribution in [2.75, 3.05) is 11.4 Å². The first-order valence-electron chi connectivity index (χ1n) is 5.96. The molecule has 0 aliphatic heterocycles. The van der Waals surface area contributed by atoms with Crippen molar-refractivity contribution >= 4 is 23.0 Å². The number of aromatic nitrogens is 1. The van der Waals surface area contributed by atoms with Gasteiger partial charge in [0, 0.05) is 17.6 Å². The Hall–Kier alpha value is -2.08. The van der Waals surface area contributed by atoms with E-state index in [1.807, 2.05) is 11.4 Å². The molecule has 0 spiro atoms. The maximum Gasteiger partial charge on any atom is 0.173 e. The van der Waals surface area contributed by atoms with Crippen LogP contribution in [0.2, 0.25) is 0 Å². The fourth-order valence-electron chi connectivity index (χ4n) is 1.83. The van der Waals surface area contributed by atoms with Crippen LogP contribution >= 0.6 is 11.3 Å². The maximum atomic E-state index is 8.84. The Balaban J connectivity index is 2.33. The van der Waals surface area contributed by atoms with E-state index in [0.29, 0.717) is 5.56 Å². The predicted octanol–water partition coefficient (Wildman–Crippen LogP) is 2.26. The number of thiophene rings is 1. The molecule has 0 aliphatic rings. The number of amidine groups is 1. The molecular formula is C13H16N4OS. The Morgan fingerprint density at radius 2 is 2.32 bits per heavy atom. The number of oxime groups is 1. The number of pyridine rings is 1. The molecule has 0 aromatic carbocycles. The SMILES string of the molecule is CCN(Cc1cccs1)c1ncccc1/C(N)=N/O. The lowest BCUT2D eigenvalue weighted by molar-refractivity contribution is 0.318. The zero-order valence-electron chi connectivity index (χ0n) is 10.7. The second-order valence-electron chi connectivity index (χ2n) is 3.95. The zero-order valence-corrected chi connectivity index (χ0v) is 11.5. The molecule has 6 heteroatoms. The molecule has 0 atom stereocenters. The van der Waals surface area contributed by atoms with Gasteiger partial charge < -0.3 is 15.8 Å². The lowest BCUT2D eigenvalue weighted by atomic mass is 10.2. The minimum absolute atomic E-state index is 0.0766. The third-order valence-electron chi connectivity index (χ3n) is 2.78. The van der Waals surface area contributed by atoms with Gasteiger partial charge in [0.2, 0.25) is 0 Å². The van der Waals surface area contributed by atoms with Gasteiger partial charge in [0.25, 0.3) is 0 Å². The van der Waals surface area contributed by atoms with Gasteiger partial charge in [-0.15, -0.1) is 11.3 Å². The molecule has 2 rings (SSSR count). The van der Waals surface area contributed by atoms with E-state index in [-0.39, 0.29) is 5.84 Å². The summed E-state index contributed by atoms with van der Waals surface area (Å²) in [6.07, 6.45) is 1.71. The lowest BCUT2D eigenvalue weighted by Crippen LogP contribution is -2.26. The number of nitrogens with zero attached hydrogens (tertiary/aromatic N) is 3. The highest BCUT2D eigenvalue weighted by atomic mass is 32.1. The Labute approximate surface area is 116 Å². The second kappa shape index (κ2) is 6.19. The van der Waals surface area contributed by atoms with E-state index in [9.17, 15) is 0 Å². The fraction of sp³-hybridized carbons (Fsp3) is 0.231. The smallest absolute Gasteiger partial charge is 0.173 e. The first-order valence-corrected chi connectivity index (χ1v) is 6.84. The van der Waals surface area contributed by atoms with Gasteiger partial charge in [-0.3, -0.25) is 0 Å². The van der Waals surface area contributed by atoms with Crippen molar-refractivity contribution in [1.82, 2.24) is 4.98 Å². The number of hydrogen-bond donors (Lipinski definition) is 2. The molecule has 0 fully saturated rings. The average molecular weight is 276 g/mol. The van der Waals surface area contributed by atoms with Crippen LogP contribution in [0.15, 0.2) is 41.0 Å². The molecule has 0 amide bonds. The van der Waals surface area contributed by atoms with Gasteiger partial charge in [-0.25, -0.2) is 4.98 Å². The van der Waals surface area contributed by atoms with E-state index in [1.54, 1.807) is 29.7 Å². The normalized spacial score (nSPS) is 11.5. The van der Waals surface area contributed by atoms with E-state index in [2.05, 4.69) is 28.0 Å². The van der Waals surface area contributed by atoms with Crippen molar-refractivity contribution in [2.45, 2.75) is 13.5 Å². The Kier molecular flexibility index (Phi) is 4.35. The van der Waals surface area contributed by atoms with Crippen LogP contribution in [0.1, 0.15) is 17.4 Å². The molecule has 0 saturated carbocycles. The summed E-state index contributed by atoms with van der Waals surface area (Å²) in [4.78, 5) is 7.70. The topological polar surface area (TPSA) is 74.7 Å². The number of hydrogen-bond acceptors (Lipinski definition) is 5. The average Bonchev–Trinajstić information content (AvgIpc) is 2.97. The highest BCUT2D eigenvalue weighted by molar-refractivity contribution is 7.09. The molecule has 0 aliphatic carbocycles. The second-order valence-corrected chi connectivity index (χ2v) is 4.99. The highest BCUT2D eigenvalue weighted by Crippen LogP contribution is 2.21. The molecule has 0 radical (unpaired) electrons. The summed E-state index contributed by atoms with van der Waals surface area (Å²) >= 11 is 1.70. The van der Waals surface area contributed by atoms with Crippen LogP contribution in [0.3, 0.4) is 0 Å². The van der Waals surface area contributed by atoms with E-state index in [4.69, 9.17) is 10.9 Å². The molecule has 3 N–H and O–H groups in total. The quantitative estimate of drug-likeness (QED) is 0.380. The highest BCUT2D eigenvalue weighted by Gasteiger charge is 2.14. The van der Waals surface area contributed by atoms with Crippen LogP contribution in [0.5, 0.6) is 0 Å². The summed E-state index contributed by atoms with van der Waals surface area (Å²) in [5.74, 6) is 0.807. The number of rotatable bonds is 5. The van der Waals surface area contributed by atoms with Crippen LogP contribution in [0.4, 0.5) is 5.82 Å². The standard InChI is InChI=1S/C13H16N4OS/c1-2-17(9-10-5-4-8-19-10)13-11(12(14)16-18)6-3-7-15-13/h3-8,18H,2,9H2,1H3,(H2,14,16). The van der Waals surface area contributed by atoms with Crippen LogP contribution in [-0.4, -0.2) is 22.6 Å². The van der Waals surface area contributed by atoms with Crippen molar-refractivity contribution in [3.8, 4) is 0 Å². The first-order chi connectivity index (χ1) is 9.26. The third-order valence-corrected chi connectivity index (χ3v) is 3.64. The van der Waals surface area contributed by atoms with Crippen LogP contribution < -0.4 is 10.6 Å². The van der Waals surface area contributed by atoms with Gasteiger partial charge in [0.05, 0.1) is 12.1 Å². The summed E-state index contributed by atoms with van der Waals surface area (Å²) in [6, 6.07) is 7.68. The molecule has 2 heterocycles. The minimum atomic E-state index is 0.0766. The summed E-state index contributed by atoms with van der Waals surface area (Å²) in [6.45, 7) is 3.61. The van der Waals surface area contributed by atoms with Crippen molar-refractivity contribution in [2.24, 2.45) is 10.9 Å². The van der Waals surface area contributed by atoms with Gasteiger partial charge in [0.15, 0.2) is 5.84 Å². The zero-order chi connectivity index (χ0) is 13.7. The Bertz CT molecular complexity index is 554. The molecule has 0 unspecified atom stereocenters. The first kappa shape index (κ1) is 13.4. The van der Waals surface area contributed by atoms with E-state index < -0.39 is 0 Å². The lowest BCUT2D eigenvalue weighted by Gasteiger charge is -2.23. The van der Waals surface area contributed by atoms with Gasteiger partial charge in [0.1, 0.15) is 5.82 Å². The largest absolute Gasteiger partial charge is 0.409 e. The van der Waals surface area contributed by atoms with Crippen molar-refractivity contribution in [3.05, 3.63) is 46.3 Å². The Morgan fingerprint density at radius 1 is 1.47 bits per heavy atom. The van der Waals surface area contributed by atoms with Crippen molar-refractivity contribution in [1.29, 1.82) is 0 Å². The van der Waals surface area contributed by atoms with Gasteiger partial charge >= 0.3 is 0 Å². The summed E-state index contributed by atoms with van der Waals surface area (Å²) in [7, 11) is 0. The minimum Gasteiger partial charge on any atom is -0.409 e. The van der Waals surface area contributed by atoms with Crippen molar-refractivity contribution in [3.63, 3.8) is 0 Å². The van der Waals surface area contributed by atoms with E-state index in [0.717, 1.165) is 18.9 Å². The predicted molar refractivity (Wildman–Crippen MR) is 77.8 cm³/mol. The van der Waals surface area contributed by atoms with Gasteiger partial charge in [-0.2, -0.15) is 0 Å². The van der Waals surface area contributed by atoms with Crippen LogP contribution in [0.25, 0.3) is 0 Å². The maximum absolute atomic E-state index is 8.84. The molecule has 0 saturated heterocycles. The Morgan fingerprint density at radius 3 is 2.95 bits per heavy atom. The van der Waals surface area contributed by atoms with E-state index >= 15 is 0 Å². The van der Waals surface area contributed by atoms with Crippen molar-refractivity contribution < 1.29 is 5.21 Å².